The van der Waals surface area contributed by atoms with Gasteiger partial charge >= 0.3 is 5.92 Å². The van der Waals surface area contributed by atoms with Crippen LogP contribution in [0, 0.1) is 0 Å². The Morgan fingerprint density at radius 3 is 2.58 bits per heavy atom. The molecule has 0 heterocycles. The Morgan fingerprint density at radius 2 is 1.90 bits per heavy atom. The minimum atomic E-state index is -3.39. The van der Waals surface area contributed by atoms with Crippen molar-refractivity contribution in [2.45, 2.75) is 63.0 Å². The maximum absolute atomic E-state index is 14.4. The zero-order chi connectivity index (χ0) is 23.0. The number of carbonyl (C=O) groups excluding carboxylic acids is 1. The molecule has 0 unspecified atom stereocenters. The summed E-state index contributed by atoms with van der Waals surface area (Å²) in [6, 6.07) is 6.96. The van der Waals surface area contributed by atoms with Crippen LogP contribution >= 0.6 is 0 Å². The number of hydrogen-bond donors (Lipinski definition) is 4. The van der Waals surface area contributed by atoms with Gasteiger partial charge in [0.05, 0.1) is 0 Å². The first-order chi connectivity index (χ1) is 14.9. The molecular weight excluding hydrogens is 404 g/mol. The van der Waals surface area contributed by atoms with E-state index in [0.717, 1.165) is 50.2 Å². The normalized spacial score (nSPS) is 14.0. The van der Waals surface area contributed by atoms with E-state index in [4.69, 9.17) is 5.84 Å². The Bertz CT molecular complexity index is 698. The van der Waals surface area contributed by atoms with E-state index in [2.05, 4.69) is 27.8 Å². The van der Waals surface area contributed by atoms with Crippen molar-refractivity contribution in [1.82, 2.24) is 10.7 Å². The largest absolute Gasteiger partial charge is 0.382 e. The minimum Gasteiger partial charge on any atom is -0.382 e. The Morgan fingerprint density at radius 1 is 1.19 bits per heavy atom. The Hall–Kier alpha value is -2.65. The number of nitrogens with one attached hydrogen (secondary N) is 2. The first-order valence-corrected chi connectivity index (χ1v) is 10.4. The number of aliphatic hydroxyl groups excluding tert-OH is 1. The van der Waals surface area contributed by atoms with Gasteiger partial charge in [-0.3, -0.25) is 5.43 Å². The number of carbonyl (C=O) groups is 1. The molecule has 2 atom stereocenters. The third-order valence-electron chi connectivity index (χ3n) is 4.73. The van der Waals surface area contributed by atoms with E-state index in [1.165, 1.54) is 30.3 Å². The maximum atomic E-state index is 14.4. The van der Waals surface area contributed by atoms with E-state index in [1.807, 2.05) is 0 Å². The van der Waals surface area contributed by atoms with Crippen LogP contribution in [-0.4, -0.2) is 30.1 Å². The molecule has 0 spiro atoms. The molecule has 0 aliphatic heterocycles. The number of aliphatic hydroxyl groups is 1. The number of alkyl halides is 2. The van der Waals surface area contributed by atoms with Crippen molar-refractivity contribution in [3.63, 3.8) is 0 Å². The molecule has 1 rings (SSSR count). The van der Waals surface area contributed by atoms with Gasteiger partial charge in [-0.1, -0.05) is 72.4 Å². The molecule has 0 bridgehead atoms. The van der Waals surface area contributed by atoms with Gasteiger partial charge in [0.25, 0.3) is 0 Å². The van der Waals surface area contributed by atoms with Crippen LogP contribution in [0.4, 0.5) is 8.78 Å². The van der Waals surface area contributed by atoms with Gasteiger partial charge < -0.3 is 21.1 Å². The van der Waals surface area contributed by atoms with Gasteiger partial charge in [0.2, 0.25) is 0 Å². The molecule has 0 aliphatic carbocycles. The van der Waals surface area contributed by atoms with Crippen molar-refractivity contribution in [2.75, 3.05) is 6.54 Å². The average Bonchev–Trinajstić information content (AvgIpc) is 2.78. The second-order valence-electron chi connectivity index (χ2n) is 7.22. The molecule has 0 saturated carbocycles. The Kier molecular flexibility index (Phi) is 12.9. The van der Waals surface area contributed by atoms with Crippen LogP contribution < -0.4 is 16.6 Å². The fourth-order valence-corrected chi connectivity index (χ4v) is 2.97. The van der Waals surface area contributed by atoms with Crippen molar-refractivity contribution in [3.05, 3.63) is 60.3 Å². The molecule has 9 heteroatoms. The Balaban J connectivity index is 2.41. The lowest BCUT2D eigenvalue weighted by molar-refractivity contribution is -0.108. The van der Waals surface area contributed by atoms with E-state index in [-0.39, 0.29) is 11.6 Å². The van der Waals surface area contributed by atoms with Crippen LogP contribution in [0.15, 0.2) is 65.2 Å². The molecule has 0 aromatic heterocycles. The van der Waals surface area contributed by atoms with Crippen LogP contribution in [0.25, 0.3) is 0 Å². The SMILES string of the molecule is C=C(CCCCCCN[C@@H](/C=C/[C@@H](O)C(F)(F)c1ccccc1)CCC=O)NN=NN. The van der Waals surface area contributed by atoms with Crippen molar-refractivity contribution in [3.8, 4) is 0 Å². The molecule has 0 fully saturated rings. The number of nitrogens with zero attached hydrogens (tertiary/aromatic N) is 2. The molecular formula is C22H33F2N5O2. The van der Waals surface area contributed by atoms with E-state index in [0.29, 0.717) is 19.4 Å². The highest BCUT2D eigenvalue weighted by Gasteiger charge is 2.38. The van der Waals surface area contributed by atoms with Gasteiger partial charge in [-0.05, 0) is 32.2 Å². The number of rotatable bonds is 17. The summed E-state index contributed by atoms with van der Waals surface area (Å²) in [6.07, 6.45) is 6.85. The highest BCUT2D eigenvalue weighted by atomic mass is 19.3. The van der Waals surface area contributed by atoms with Crippen LogP contribution in [0.2, 0.25) is 0 Å². The molecule has 0 saturated heterocycles. The van der Waals surface area contributed by atoms with E-state index in [1.54, 1.807) is 6.07 Å². The molecule has 172 valence electrons. The van der Waals surface area contributed by atoms with Crippen molar-refractivity contribution >= 4 is 6.29 Å². The Labute approximate surface area is 182 Å². The number of unbranched alkanes of at least 4 members (excludes halogenated alkanes) is 3. The summed E-state index contributed by atoms with van der Waals surface area (Å²) in [6.45, 7) is 4.49. The van der Waals surface area contributed by atoms with Crippen LogP contribution in [-0.2, 0) is 10.7 Å². The molecule has 7 nitrogen and oxygen atoms in total. The van der Waals surface area contributed by atoms with E-state index >= 15 is 0 Å². The topological polar surface area (TPSA) is 112 Å². The second-order valence-corrected chi connectivity index (χ2v) is 7.22. The summed E-state index contributed by atoms with van der Waals surface area (Å²) in [4.78, 5) is 10.7. The monoisotopic (exact) mass is 437 g/mol. The van der Waals surface area contributed by atoms with Gasteiger partial charge in [0.15, 0.2) is 0 Å². The summed E-state index contributed by atoms with van der Waals surface area (Å²) in [5.74, 6) is 1.51. The number of nitrogens with two attached hydrogens (primary N) is 1. The van der Waals surface area contributed by atoms with Crippen LogP contribution in [0.3, 0.4) is 0 Å². The minimum absolute atomic E-state index is 0.242. The number of halogens is 2. The van der Waals surface area contributed by atoms with Crippen LogP contribution in [0.5, 0.6) is 0 Å². The summed E-state index contributed by atoms with van der Waals surface area (Å²) in [5, 5.41) is 19.8. The molecule has 31 heavy (non-hydrogen) atoms. The third-order valence-corrected chi connectivity index (χ3v) is 4.73. The van der Waals surface area contributed by atoms with Crippen molar-refractivity contribution < 1.29 is 18.7 Å². The van der Waals surface area contributed by atoms with Crippen LogP contribution in [0.1, 0.15) is 50.5 Å². The molecule has 0 amide bonds. The smallest absolute Gasteiger partial charge is 0.302 e. The first kappa shape index (κ1) is 26.4. The lowest BCUT2D eigenvalue weighted by Gasteiger charge is -2.21. The van der Waals surface area contributed by atoms with Crippen molar-refractivity contribution in [1.29, 1.82) is 0 Å². The van der Waals surface area contributed by atoms with Gasteiger partial charge in [-0.15, -0.1) is 0 Å². The quantitative estimate of drug-likeness (QED) is 0.0737. The number of hydrogen-bond acceptors (Lipinski definition) is 5. The number of aldehydes is 1. The van der Waals surface area contributed by atoms with E-state index in [9.17, 15) is 18.7 Å². The number of benzene rings is 1. The molecule has 0 aliphatic rings. The maximum Gasteiger partial charge on any atom is 0.302 e. The standard InChI is InChI=1S/C22H33F2N5O2/c1-18(27-29-28-25)10-5-2-3-8-16-26-20(13-9-17-30)14-15-21(31)22(23,24)19-11-6-4-7-12-19/h4,6-7,11-12,14-15,17,20-21,26,31H,1-3,5,8-10,13,16H2,(H2,25,29)(H,27,28)/b15-14+/t20-,21-/m1/s1. The highest BCUT2D eigenvalue weighted by molar-refractivity contribution is 5.49. The predicted octanol–water partition coefficient (Wildman–Crippen LogP) is 3.93. The third kappa shape index (κ3) is 10.8. The fourth-order valence-electron chi connectivity index (χ4n) is 2.97. The zero-order valence-corrected chi connectivity index (χ0v) is 17.7. The fraction of sp³-hybridized carbons (Fsp3) is 0.500. The summed E-state index contributed by atoms with van der Waals surface area (Å²) in [7, 11) is 0. The highest BCUT2D eigenvalue weighted by Crippen LogP contribution is 2.32. The lowest BCUT2D eigenvalue weighted by atomic mass is 10.0. The van der Waals surface area contributed by atoms with Gasteiger partial charge in [-0.2, -0.15) is 8.78 Å². The summed E-state index contributed by atoms with van der Waals surface area (Å²) >= 11 is 0. The number of allylic oxidation sites excluding steroid dienone is 1. The molecule has 5 N–H and O–H groups in total. The lowest BCUT2D eigenvalue weighted by Crippen LogP contribution is -2.32. The first-order valence-electron chi connectivity index (χ1n) is 10.4. The van der Waals surface area contributed by atoms with Gasteiger partial charge in [0.1, 0.15) is 12.4 Å². The molecule has 0 radical (unpaired) electrons. The van der Waals surface area contributed by atoms with Crippen molar-refractivity contribution in [2.24, 2.45) is 16.3 Å². The predicted molar refractivity (Wildman–Crippen MR) is 117 cm³/mol. The van der Waals surface area contributed by atoms with E-state index < -0.39 is 12.0 Å². The summed E-state index contributed by atoms with van der Waals surface area (Å²) < 4.78 is 28.8. The molecule has 1 aromatic rings. The second kappa shape index (κ2) is 15.2. The van der Waals surface area contributed by atoms with Gasteiger partial charge in [0, 0.05) is 23.7 Å². The summed E-state index contributed by atoms with van der Waals surface area (Å²) in [5.41, 5.74) is 3.13. The van der Waals surface area contributed by atoms with Gasteiger partial charge in [-0.25, -0.2) is 0 Å². The molecule has 1 aromatic carbocycles. The zero-order valence-electron chi connectivity index (χ0n) is 17.7. The average molecular weight is 438 g/mol.